The van der Waals surface area contributed by atoms with Gasteiger partial charge in [0.1, 0.15) is 0 Å². The van der Waals surface area contributed by atoms with E-state index in [1.165, 1.54) is 0 Å². The van der Waals surface area contributed by atoms with Crippen molar-refractivity contribution in [3.05, 3.63) is 53.0 Å². The number of aryl methyl sites for hydroxylation is 2. The first-order chi connectivity index (χ1) is 10.1. The van der Waals surface area contributed by atoms with Gasteiger partial charge in [0.15, 0.2) is 5.69 Å². The second kappa shape index (κ2) is 5.24. The maximum atomic E-state index is 11.8. The molecule has 0 radical (unpaired) electrons. The van der Waals surface area contributed by atoms with Gasteiger partial charge in [0.2, 0.25) is 0 Å². The molecule has 2 aromatic heterocycles. The highest BCUT2D eigenvalue weighted by Crippen LogP contribution is 2.19. The number of rotatable bonds is 3. The SMILES string of the molecule is Cc1cc(C(=O)N/N=C\c2c(C)[nH]c3ccccc23)n[nH]1. The third-order valence-corrected chi connectivity index (χ3v) is 3.24. The van der Waals surface area contributed by atoms with E-state index in [0.29, 0.717) is 5.69 Å². The summed E-state index contributed by atoms with van der Waals surface area (Å²) in [6.45, 7) is 3.81. The minimum Gasteiger partial charge on any atom is -0.358 e. The summed E-state index contributed by atoms with van der Waals surface area (Å²) in [6.07, 6.45) is 1.64. The summed E-state index contributed by atoms with van der Waals surface area (Å²) in [5.41, 5.74) is 6.64. The van der Waals surface area contributed by atoms with E-state index in [4.69, 9.17) is 0 Å². The number of aromatic amines is 2. The fraction of sp³-hybridized carbons (Fsp3) is 0.133. The smallest absolute Gasteiger partial charge is 0.291 e. The molecule has 3 rings (SSSR count). The van der Waals surface area contributed by atoms with Crippen LogP contribution in [0.25, 0.3) is 10.9 Å². The van der Waals surface area contributed by atoms with Crippen molar-refractivity contribution in [2.24, 2.45) is 5.10 Å². The normalized spacial score (nSPS) is 11.3. The lowest BCUT2D eigenvalue weighted by molar-refractivity contribution is 0.0950. The van der Waals surface area contributed by atoms with Gasteiger partial charge in [-0.2, -0.15) is 10.2 Å². The number of aromatic nitrogens is 3. The van der Waals surface area contributed by atoms with Crippen molar-refractivity contribution in [3.63, 3.8) is 0 Å². The molecule has 1 aromatic carbocycles. The Labute approximate surface area is 121 Å². The average Bonchev–Trinajstić information content (AvgIpc) is 3.03. The minimum absolute atomic E-state index is 0.320. The van der Waals surface area contributed by atoms with Crippen LogP contribution < -0.4 is 5.43 Å². The van der Waals surface area contributed by atoms with Gasteiger partial charge in [-0.25, -0.2) is 5.43 Å². The maximum absolute atomic E-state index is 11.8. The largest absolute Gasteiger partial charge is 0.358 e. The Kier molecular flexibility index (Phi) is 3.27. The topological polar surface area (TPSA) is 85.9 Å². The molecule has 0 fully saturated rings. The number of amides is 1. The van der Waals surface area contributed by atoms with Gasteiger partial charge in [-0.1, -0.05) is 18.2 Å². The van der Waals surface area contributed by atoms with E-state index in [1.807, 2.05) is 38.1 Å². The minimum atomic E-state index is -0.340. The van der Waals surface area contributed by atoms with Crippen molar-refractivity contribution in [1.29, 1.82) is 0 Å². The van der Waals surface area contributed by atoms with Crippen molar-refractivity contribution < 1.29 is 4.79 Å². The van der Waals surface area contributed by atoms with E-state index in [1.54, 1.807) is 12.3 Å². The molecule has 0 aliphatic heterocycles. The molecule has 6 nitrogen and oxygen atoms in total. The molecule has 0 unspecified atom stereocenters. The van der Waals surface area contributed by atoms with E-state index in [-0.39, 0.29) is 5.91 Å². The van der Waals surface area contributed by atoms with Gasteiger partial charge in [-0.3, -0.25) is 9.89 Å². The van der Waals surface area contributed by atoms with Crippen molar-refractivity contribution in [2.75, 3.05) is 0 Å². The summed E-state index contributed by atoms with van der Waals surface area (Å²) in [7, 11) is 0. The number of H-pyrrole nitrogens is 2. The first-order valence-electron chi connectivity index (χ1n) is 6.58. The number of benzene rings is 1. The summed E-state index contributed by atoms with van der Waals surface area (Å²) >= 11 is 0. The van der Waals surface area contributed by atoms with Gasteiger partial charge in [-0.05, 0) is 26.0 Å². The number of para-hydroxylation sites is 1. The van der Waals surface area contributed by atoms with Gasteiger partial charge in [-0.15, -0.1) is 0 Å². The van der Waals surface area contributed by atoms with Crippen LogP contribution in [0.3, 0.4) is 0 Å². The molecule has 0 aliphatic carbocycles. The van der Waals surface area contributed by atoms with Crippen LogP contribution in [0.15, 0.2) is 35.4 Å². The highest BCUT2D eigenvalue weighted by Gasteiger charge is 2.08. The third-order valence-electron chi connectivity index (χ3n) is 3.24. The third kappa shape index (κ3) is 2.55. The summed E-state index contributed by atoms with van der Waals surface area (Å²) < 4.78 is 0. The molecule has 6 heteroatoms. The van der Waals surface area contributed by atoms with E-state index < -0.39 is 0 Å². The molecule has 0 atom stereocenters. The van der Waals surface area contributed by atoms with Gasteiger partial charge in [0.25, 0.3) is 5.91 Å². The molecule has 3 N–H and O–H groups in total. The number of hydrogen-bond donors (Lipinski definition) is 3. The number of fused-ring (bicyclic) bond motifs is 1. The van der Waals surface area contributed by atoms with Crippen molar-refractivity contribution in [2.45, 2.75) is 13.8 Å². The molecule has 0 aliphatic rings. The second-order valence-electron chi connectivity index (χ2n) is 4.84. The summed E-state index contributed by atoms with van der Waals surface area (Å²) in [5, 5.41) is 11.7. The molecule has 1 amide bonds. The Bertz CT molecular complexity index is 828. The molecule has 0 saturated carbocycles. The zero-order valence-corrected chi connectivity index (χ0v) is 11.8. The van der Waals surface area contributed by atoms with E-state index in [9.17, 15) is 4.79 Å². The summed E-state index contributed by atoms with van der Waals surface area (Å²) in [5.74, 6) is -0.340. The highest BCUT2D eigenvalue weighted by atomic mass is 16.2. The second-order valence-corrected chi connectivity index (χ2v) is 4.84. The summed E-state index contributed by atoms with van der Waals surface area (Å²) in [6, 6.07) is 9.63. The quantitative estimate of drug-likeness (QED) is 0.508. The Balaban J connectivity index is 1.79. The maximum Gasteiger partial charge on any atom is 0.291 e. The van der Waals surface area contributed by atoms with Crippen LogP contribution in [0, 0.1) is 13.8 Å². The van der Waals surface area contributed by atoms with Crippen LogP contribution >= 0.6 is 0 Å². The molecular weight excluding hydrogens is 266 g/mol. The number of carbonyl (C=O) groups excluding carboxylic acids is 1. The van der Waals surface area contributed by atoms with Crippen LogP contribution in [0.1, 0.15) is 27.4 Å². The molecule has 0 spiro atoms. The van der Waals surface area contributed by atoms with E-state index in [2.05, 4.69) is 25.7 Å². The molecule has 21 heavy (non-hydrogen) atoms. The zero-order chi connectivity index (χ0) is 14.8. The van der Waals surface area contributed by atoms with Gasteiger partial charge in [0.05, 0.1) is 6.21 Å². The van der Waals surface area contributed by atoms with Gasteiger partial charge in [0, 0.05) is 27.9 Å². The number of hydrogen-bond acceptors (Lipinski definition) is 3. The van der Waals surface area contributed by atoms with Crippen molar-refractivity contribution in [3.8, 4) is 0 Å². The number of carbonyl (C=O) groups is 1. The molecule has 0 bridgehead atoms. The molecular formula is C15H15N5O. The number of nitrogens with one attached hydrogen (secondary N) is 3. The summed E-state index contributed by atoms with van der Waals surface area (Å²) in [4.78, 5) is 15.1. The van der Waals surface area contributed by atoms with E-state index >= 15 is 0 Å². The predicted molar refractivity (Wildman–Crippen MR) is 81.4 cm³/mol. The monoisotopic (exact) mass is 281 g/mol. The highest BCUT2D eigenvalue weighted by molar-refractivity contribution is 6.01. The fourth-order valence-corrected chi connectivity index (χ4v) is 2.21. The number of nitrogens with zero attached hydrogens (tertiary/aromatic N) is 2. The van der Waals surface area contributed by atoms with Crippen LogP contribution in [0.2, 0.25) is 0 Å². The lowest BCUT2D eigenvalue weighted by Crippen LogP contribution is -2.18. The first kappa shape index (κ1) is 13.1. The molecule has 106 valence electrons. The van der Waals surface area contributed by atoms with E-state index in [0.717, 1.165) is 27.9 Å². The van der Waals surface area contributed by atoms with Crippen LogP contribution in [0.4, 0.5) is 0 Å². The van der Waals surface area contributed by atoms with Crippen molar-refractivity contribution >= 4 is 23.0 Å². The Morgan fingerprint density at radius 1 is 1.33 bits per heavy atom. The zero-order valence-electron chi connectivity index (χ0n) is 11.8. The Morgan fingerprint density at radius 3 is 2.90 bits per heavy atom. The molecule has 2 heterocycles. The van der Waals surface area contributed by atoms with Crippen LogP contribution in [-0.4, -0.2) is 27.3 Å². The first-order valence-corrected chi connectivity index (χ1v) is 6.58. The average molecular weight is 281 g/mol. The van der Waals surface area contributed by atoms with Crippen LogP contribution in [-0.2, 0) is 0 Å². The van der Waals surface area contributed by atoms with Gasteiger partial charge >= 0.3 is 0 Å². The van der Waals surface area contributed by atoms with Gasteiger partial charge < -0.3 is 4.98 Å². The fourth-order valence-electron chi connectivity index (χ4n) is 2.21. The Morgan fingerprint density at radius 2 is 2.14 bits per heavy atom. The standard InChI is InChI=1S/C15H15N5O/c1-9-7-14(19-18-9)15(21)20-16-8-12-10(2)17-13-6-4-3-5-11(12)13/h3-8,17H,1-2H3,(H,18,19)(H,20,21)/b16-8-. The molecule has 3 aromatic rings. The Hall–Kier alpha value is -2.89. The lowest BCUT2D eigenvalue weighted by atomic mass is 10.1. The lowest BCUT2D eigenvalue weighted by Gasteiger charge is -1.95. The predicted octanol–water partition coefficient (Wildman–Crippen LogP) is 2.27. The van der Waals surface area contributed by atoms with Crippen molar-refractivity contribution in [1.82, 2.24) is 20.6 Å². The number of hydrazone groups is 1. The molecule has 0 saturated heterocycles. The van der Waals surface area contributed by atoms with Crippen LogP contribution in [0.5, 0.6) is 0 Å².